The van der Waals surface area contributed by atoms with E-state index in [1.807, 2.05) is 44.2 Å². The van der Waals surface area contributed by atoms with Crippen molar-refractivity contribution in [3.63, 3.8) is 0 Å². The van der Waals surface area contributed by atoms with Gasteiger partial charge in [0.1, 0.15) is 22.7 Å². The molecule has 6 nitrogen and oxygen atoms in total. The third-order valence-electron chi connectivity index (χ3n) is 6.80. The maximum absolute atomic E-state index is 13.3. The highest BCUT2D eigenvalue weighted by molar-refractivity contribution is 6.13. The lowest BCUT2D eigenvalue weighted by atomic mass is 9.78. The van der Waals surface area contributed by atoms with E-state index in [9.17, 15) is 9.59 Å². The number of benzene rings is 2. The Morgan fingerprint density at radius 2 is 1.85 bits per heavy atom. The summed E-state index contributed by atoms with van der Waals surface area (Å²) in [5, 5.41) is 3.61. The molecule has 5 rings (SSSR count). The van der Waals surface area contributed by atoms with Gasteiger partial charge in [-0.2, -0.15) is 0 Å². The second-order valence-corrected chi connectivity index (χ2v) is 9.07. The molecule has 6 heteroatoms. The third-order valence-corrected chi connectivity index (χ3v) is 6.80. The zero-order chi connectivity index (χ0) is 23.0. The van der Waals surface area contributed by atoms with Gasteiger partial charge in [0, 0.05) is 17.5 Å². The molecule has 2 aliphatic rings. The van der Waals surface area contributed by atoms with Gasteiger partial charge >= 0.3 is 0 Å². The van der Waals surface area contributed by atoms with Crippen molar-refractivity contribution < 1.29 is 23.5 Å². The number of rotatable bonds is 5. The first kappa shape index (κ1) is 21.6. The molecular formula is C27H29NO5. The van der Waals surface area contributed by atoms with Crippen LogP contribution in [-0.2, 0) is 6.54 Å². The molecule has 3 aromatic rings. The average Bonchev–Trinajstić information content (AvgIpc) is 3.15. The van der Waals surface area contributed by atoms with Crippen LogP contribution in [0.4, 0.5) is 0 Å². The molecule has 1 aliphatic carbocycles. The third kappa shape index (κ3) is 3.99. The smallest absolute Gasteiger partial charge is 0.287 e. The molecule has 0 unspecified atom stereocenters. The topological polar surface area (TPSA) is 77.8 Å². The summed E-state index contributed by atoms with van der Waals surface area (Å²) in [7, 11) is 0. The predicted molar refractivity (Wildman–Crippen MR) is 125 cm³/mol. The lowest BCUT2D eigenvalue weighted by molar-refractivity contribution is 0.0139. The van der Waals surface area contributed by atoms with Gasteiger partial charge in [-0.25, -0.2) is 0 Å². The van der Waals surface area contributed by atoms with Crippen LogP contribution in [0.1, 0.15) is 77.5 Å². The summed E-state index contributed by atoms with van der Waals surface area (Å²) in [5.74, 6) is 1.42. The molecule has 33 heavy (non-hydrogen) atoms. The van der Waals surface area contributed by atoms with E-state index >= 15 is 0 Å². The molecule has 1 fully saturated rings. The van der Waals surface area contributed by atoms with Crippen LogP contribution < -0.4 is 14.8 Å². The Hall–Kier alpha value is -3.28. The number of fused-ring (bicyclic) bond motifs is 3. The summed E-state index contributed by atoms with van der Waals surface area (Å²) in [6, 6.07) is 11.2. The Kier molecular flexibility index (Phi) is 5.60. The number of carbonyl (C=O) groups is 2. The summed E-state index contributed by atoms with van der Waals surface area (Å²) in [5.41, 5.74) is 2.34. The number of hydrogen-bond donors (Lipinski definition) is 1. The van der Waals surface area contributed by atoms with Crippen LogP contribution in [0.15, 0.2) is 40.8 Å². The number of Topliss-reactive ketones (excluding diaryl/α,β-unsaturated/α-hetero) is 1. The summed E-state index contributed by atoms with van der Waals surface area (Å²) in [4.78, 5) is 26.2. The zero-order valence-corrected chi connectivity index (χ0v) is 19.2. The zero-order valence-electron chi connectivity index (χ0n) is 19.2. The first-order valence-corrected chi connectivity index (χ1v) is 11.8. The number of nitrogens with one attached hydrogen (secondary N) is 1. The molecule has 1 aliphatic heterocycles. The highest BCUT2D eigenvalue weighted by Gasteiger charge is 2.42. The van der Waals surface area contributed by atoms with Crippen molar-refractivity contribution in [2.45, 2.75) is 64.5 Å². The van der Waals surface area contributed by atoms with Crippen molar-refractivity contribution >= 4 is 22.7 Å². The van der Waals surface area contributed by atoms with E-state index in [0.717, 1.165) is 37.0 Å². The van der Waals surface area contributed by atoms with Crippen LogP contribution in [0.25, 0.3) is 11.0 Å². The molecule has 172 valence electrons. The quantitative estimate of drug-likeness (QED) is 0.540. The standard InChI is InChI=1S/C27H29NO5/c1-3-31-19-9-7-18(8-10-19)16-28-26(30)25-17(2)23-21(32-25)11-12-22-24(23)20(29)15-27(33-22)13-5-4-6-14-27/h7-12H,3-6,13-16H2,1-2H3,(H,28,30). The van der Waals surface area contributed by atoms with E-state index in [0.29, 0.717) is 47.4 Å². The highest BCUT2D eigenvalue weighted by atomic mass is 16.5. The van der Waals surface area contributed by atoms with E-state index in [-0.39, 0.29) is 23.1 Å². The minimum absolute atomic E-state index is 0.0778. The van der Waals surface area contributed by atoms with Crippen LogP contribution in [0.2, 0.25) is 0 Å². The van der Waals surface area contributed by atoms with E-state index in [1.54, 1.807) is 6.07 Å². The first-order valence-electron chi connectivity index (χ1n) is 11.8. The molecular weight excluding hydrogens is 418 g/mol. The summed E-state index contributed by atoms with van der Waals surface area (Å²) in [6.45, 7) is 4.74. The van der Waals surface area contributed by atoms with Crippen molar-refractivity contribution in [1.29, 1.82) is 0 Å². The maximum atomic E-state index is 13.3. The summed E-state index contributed by atoms with van der Waals surface area (Å²) < 4.78 is 17.8. The van der Waals surface area contributed by atoms with Crippen LogP contribution in [0, 0.1) is 6.92 Å². The normalized spacial score (nSPS) is 17.0. The number of amides is 1. The average molecular weight is 448 g/mol. The Morgan fingerprint density at radius 3 is 2.58 bits per heavy atom. The largest absolute Gasteiger partial charge is 0.494 e. The molecule has 0 bridgehead atoms. The number of ketones is 1. The van der Waals surface area contributed by atoms with Crippen LogP contribution in [0.3, 0.4) is 0 Å². The van der Waals surface area contributed by atoms with Crippen LogP contribution in [0.5, 0.6) is 11.5 Å². The van der Waals surface area contributed by atoms with Crippen molar-refractivity contribution in [3.8, 4) is 11.5 Å². The Balaban J connectivity index is 1.39. The molecule has 0 radical (unpaired) electrons. The molecule has 0 atom stereocenters. The number of furan rings is 1. The molecule has 1 spiro atoms. The van der Waals surface area contributed by atoms with Gasteiger partial charge in [-0.3, -0.25) is 9.59 Å². The van der Waals surface area contributed by atoms with E-state index in [4.69, 9.17) is 13.9 Å². The lowest BCUT2D eigenvalue weighted by Crippen LogP contribution is -2.43. The fraction of sp³-hybridized carbons (Fsp3) is 0.407. The van der Waals surface area contributed by atoms with E-state index < -0.39 is 0 Å². The van der Waals surface area contributed by atoms with Crippen molar-refractivity contribution in [2.24, 2.45) is 0 Å². The Morgan fingerprint density at radius 1 is 1.09 bits per heavy atom. The van der Waals surface area contributed by atoms with Crippen molar-refractivity contribution in [2.75, 3.05) is 6.61 Å². The van der Waals surface area contributed by atoms with Gasteiger partial charge in [0.05, 0.1) is 18.6 Å². The first-order chi connectivity index (χ1) is 16.0. The Bertz CT molecular complexity index is 1200. The number of hydrogen-bond acceptors (Lipinski definition) is 5. The van der Waals surface area contributed by atoms with Crippen molar-refractivity contribution in [1.82, 2.24) is 5.32 Å². The van der Waals surface area contributed by atoms with Gasteiger partial charge in [-0.1, -0.05) is 18.6 Å². The fourth-order valence-corrected chi connectivity index (χ4v) is 5.16. The van der Waals surface area contributed by atoms with E-state index in [1.165, 1.54) is 6.42 Å². The minimum atomic E-state index is -0.369. The maximum Gasteiger partial charge on any atom is 0.287 e. The molecule has 2 aromatic carbocycles. The number of ether oxygens (including phenoxy) is 2. The Labute approximate surface area is 193 Å². The highest BCUT2D eigenvalue weighted by Crippen LogP contribution is 2.45. The van der Waals surface area contributed by atoms with Crippen LogP contribution >= 0.6 is 0 Å². The monoisotopic (exact) mass is 447 g/mol. The second-order valence-electron chi connectivity index (χ2n) is 9.07. The number of aryl methyl sites for hydroxylation is 1. The van der Waals surface area contributed by atoms with Gasteiger partial charge < -0.3 is 19.2 Å². The van der Waals surface area contributed by atoms with Gasteiger partial charge in [-0.15, -0.1) is 0 Å². The predicted octanol–water partition coefficient (Wildman–Crippen LogP) is 5.74. The molecule has 1 aromatic heterocycles. The summed E-state index contributed by atoms with van der Waals surface area (Å²) >= 11 is 0. The van der Waals surface area contributed by atoms with Gasteiger partial charge in [-0.05, 0) is 69.4 Å². The molecule has 1 saturated carbocycles. The van der Waals surface area contributed by atoms with Crippen LogP contribution in [-0.4, -0.2) is 23.9 Å². The molecule has 1 amide bonds. The van der Waals surface area contributed by atoms with Gasteiger partial charge in [0.2, 0.25) is 0 Å². The second kappa shape index (κ2) is 8.58. The minimum Gasteiger partial charge on any atom is -0.494 e. The molecule has 0 saturated heterocycles. The summed E-state index contributed by atoms with van der Waals surface area (Å²) in [6.07, 6.45) is 5.60. The molecule has 2 heterocycles. The lowest BCUT2D eigenvalue weighted by Gasteiger charge is -2.40. The van der Waals surface area contributed by atoms with Crippen molar-refractivity contribution in [3.05, 3.63) is 58.8 Å². The number of carbonyl (C=O) groups excluding carboxylic acids is 2. The SMILES string of the molecule is CCOc1ccc(CNC(=O)c2oc3ccc4c(c3c2C)C(=O)CC2(CCCCC2)O4)cc1. The molecule has 1 N–H and O–H groups in total. The fourth-order valence-electron chi connectivity index (χ4n) is 5.16. The van der Waals surface area contributed by atoms with Gasteiger partial charge in [0.25, 0.3) is 5.91 Å². The van der Waals surface area contributed by atoms with Gasteiger partial charge in [0.15, 0.2) is 11.5 Å². The van der Waals surface area contributed by atoms with E-state index in [2.05, 4.69) is 5.32 Å².